The fourth-order valence-electron chi connectivity index (χ4n) is 9.00. The first-order valence-electron chi connectivity index (χ1n) is 17.8. The van der Waals surface area contributed by atoms with Gasteiger partial charge in [0.1, 0.15) is 5.78 Å². The van der Waals surface area contributed by atoms with Crippen LogP contribution in [0.25, 0.3) is 25.1 Å². The van der Waals surface area contributed by atoms with Gasteiger partial charge in [-0.15, -0.1) is 0 Å². The molecule has 3 unspecified atom stereocenters. The summed E-state index contributed by atoms with van der Waals surface area (Å²) in [7, 11) is 0.0317. The normalized spacial score (nSPS) is 21.2. The molecule has 3 atom stereocenters. The number of rotatable bonds is 12. The van der Waals surface area contributed by atoms with Crippen molar-refractivity contribution in [2.45, 2.75) is 119 Å². The van der Waals surface area contributed by atoms with E-state index < -0.39 is 18.4 Å². The molecule has 0 N–H and O–H groups in total. The predicted molar refractivity (Wildman–Crippen MR) is 199 cm³/mol. The Morgan fingerprint density at radius 2 is 1.34 bits per heavy atom. The molecule has 2 bridgehead atoms. The van der Waals surface area contributed by atoms with Gasteiger partial charge < -0.3 is 0 Å². The van der Waals surface area contributed by atoms with Crippen molar-refractivity contribution in [1.29, 1.82) is 0 Å². The zero-order chi connectivity index (χ0) is 31.4. The van der Waals surface area contributed by atoms with Crippen molar-refractivity contribution in [3.05, 3.63) is 72.8 Å². The van der Waals surface area contributed by atoms with Gasteiger partial charge in [0.05, 0.1) is 0 Å². The standard InChI is InChI=1S/C18H12S.C11H18O.3C4H9.Sn/c1-2-8-14(9-3-1)19-17-12-6-4-10-15(17)16-11-5-7-13-18(16)19;1-4-11-6-5-8(7-9(11)12)10(11,2)3;3*1-3-4-2;/h1-4,6-13H;8H,4-7H2,1-3H3;3*1,3-4H2,2H3;/q+1;;;;;. The van der Waals surface area contributed by atoms with Crippen molar-refractivity contribution >= 4 is 58.4 Å². The first kappa shape index (κ1) is 33.7. The number of carbonyl (C=O) groups excluding carboxylic acids is 1. The molecule has 236 valence electrons. The summed E-state index contributed by atoms with van der Waals surface area (Å²) in [6, 6.07) is 28.2. The van der Waals surface area contributed by atoms with Gasteiger partial charge in [0, 0.05) is 11.8 Å². The number of fused-ring (bicyclic) bond motifs is 5. The third-order valence-electron chi connectivity index (χ3n) is 12.0. The van der Waals surface area contributed by atoms with Gasteiger partial charge in [0.25, 0.3) is 0 Å². The van der Waals surface area contributed by atoms with Gasteiger partial charge in [-0.2, -0.15) is 0 Å². The van der Waals surface area contributed by atoms with Gasteiger partial charge in [0.15, 0.2) is 0 Å². The van der Waals surface area contributed by atoms with Crippen molar-refractivity contribution in [2.24, 2.45) is 16.7 Å². The summed E-state index contributed by atoms with van der Waals surface area (Å²) in [4.78, 5) is 13.3. The summed E-state index contributed by atoms with van der Waals surface area (Å²) in [6.07, 6.45) is 12.6. The molecular formula is C41H57OSSn+. The van der Waals surface area contributed by atoms with E-state index in [4.69, 9.17) is 0 Å². The van der Waals surface area contributed by atoms with Crippen LogP contribution >= 0.6 is 10.5 Å². The predicted octanol–water partition coefficient (Wildman–Crippen LogP) is 12.6. The van der Waals surface area contributed by atoms with Gasteiger partial charge in [-0.25, -0.2) is 0 Å². The summed E-state index contributed by atoms with van der Waals surface area (Å²) in [5.74, 6) is 1.23. The Morgan fingerprint density at radius 1 is 0.750 bits per heavy atom. The Hall–Kier alpha value is -1.65. The molecule has 0 spiro atoms. The average molecular weight is 717 g/mol. The van der Waals surface area contributed by atoms with E-state index in [2.05, 4.69) is 114 Å². The Balaban J connectivity index is 0.000000266. The van der Waals surface area contributed by atoms with E-state index in [1.165, 1.54) is 78.6 Å². The van der Waals surface area contributed by atoms with E-state index >= 15 is 0 Å². The van der Waals surface area contributed by atoms with E-state index in [0.29, 0.717) is 17.1 Å². The second-order valence-corrected chi connectivity index (χ2v) is 29.6. The summed E-state index contributed by atoms with van der Waals surface area (Å²) in [6.45, 7) is 13.9. The van der Waals surface area contributed by atoms with Crippen LogP contribution in [0.15, 0.2) is 72.8 Å². The Kier molecular flexibility index (Phi) is 11.0. The molecule has 44 heavy (non-hydrogen) atoms. The van der Waals surface area contributed by atoms with Crippen LogP contribution in [0.1, 0.15) is 106 Å². The van der Waals surface area contributed by atoms with Crippen LogP contribution in [0, 0.1) is 16.7 Å². The van der Waals surface area contributed by atoms with Crippen LogP contribution in [0.2, 0.25) is 13.3 Å². The first-order chi connectivity index (χ1) is 21.3. The topological polar surface area (TPSA) is 17.1 Å². The molecule has 1 heterocycles. The third-order valence-corrected chi connectivity index (χ3v) is 29.9. The van der Waals surface area contributed by atoms with Gasteiger partial charge in [-0.3, -0.25) is 4.79 Å². The van der Waals surface area contributed by atoms with Crippen LogP contribution < -0.4 is 3.58 Å². The molecule has 1 aromatic heterocycles. The average Bonchev–Trinajstić information content (AvgIpc) is 3.59. The van der Waals surface area contributed by atoms with E-state index in [0.717, 1.165) is 19.3 Å². The van der Waals surface area contributed by atoms with Gasteiger partial charge >= 0.3 is 203 Å². The number of ketones is 1. The van der Waals surface area contributed by atoms with Crippen LogP contribution in [0.4, 0.5) is 0 Å². The molecule has 0 radical (unpaired) electrons. The summed E-state index contributed by atoms with van der Waals surface area (Å²) < 4.78 is 9.48. The number of unbranched alkanes of at least 4 members (excludes halogenated alkanes) is 3. The molecule has 4 aromatic rings. The summed E-state index contributed by atoms with van der Waals surface area (Å²) in [5.41, 5.74) is 0.358. The molecule has 3 aromatic carbocycles. The van der Waals surface area contributed by atoms with Crippen molar-refractivity contribution in [3.8, 4) is 4.90 Å². The minimum atomic E-state index is -2.43. The Morgan fingerprint density at radius 3 is 1.86 bits per heavy atom. The van der Waals surface area contributed by atoms with Crippen molar-refractivity contribution in [3.63, 3.8) is 0 Å². The summed E-state index contributed by atoms with van der Waals surface area (Å²) in [5, 5.41) is 3.02. The van der Waals surface area contributed by atoms with E-state index in [1.807, 2.05) is 3.58 Å². The molecule has 0 aliphatic heterocycles. The number of benzene rings is 3. The molecule has 2 aliphatic carbocycles. The van der Waals surface area contributed by atoms with Gasteiger partial charge in [0.2, 0.25) is 0 Å². The van der Waals surface area contributed by atoms with E-state index in [-0.39, 0.29) is 15.9 Å². The Bertz CT molecular complexity index is 1530. The Labute approximate surface area is 275 Å². The number of carbonyl (C=O) groups is 1. The van der Waals surface area contributed by atoms with Crippen molar-refractivity contribution < 1.29 is 4.79 Å². The van der Waals surface area contributed by atoms with E-state index in [1.54, 1.807) is 4.70 Å². The van der Waals surface area contributed by atoms with Gasteiger partial charge in [-0.05, 0) is 30.6 Å². The molecule has 0 amide bonds. The molecule has 3 heteroatoms. The van der Waals surface area contributed by atoms with Crippen LogP contribution in [0.5, 0.6) is 0 Å². The molecule has 2 fully saturated rings. The number of thiophene rings is 1. The zero-order valence-electron chi connectivity index (χ0n) is 28.5. The van der Waals surface area contributed by atoms with Crippen molar-refractivity contribution in [1.82, 2.24) is 0 Å². The van der Waals surface area contributed by atoms with Crippen LogP contribution in [0.3, 0.4) is 0 Å². The molecule has 0 saturated heterocycles. The third kappa shape index (κ3) is 6.08. The number of hydrogen-bond donors (Lipinski definition) is 0. The minimum absolute atomic E-state index is 0.0317. The summed E-state index contributed by atoms with van der Waals surface area (Å²) >= 11 is -2.43. The molecule has 1 nitrogen and oxygen atoms in total. The van der Waals surface area contributed by atoms with Crippen molar-refractivity contribution in [2.75, 3.05) is 0 Å². The quantitative estimate of drug-likeness (QED) is 0.105. The van der Waals surface area contributed by atoms with Crippen LogP contribution in [-0.2, 0) is 4.79 Å². The van der Waals surface area contributed by atoms with Gasteiger partial charge in [-0.1, -0.05) is 20.8 Å². The second-order valence-electron chi connectivity index (χ2n) is 14.4. The molecule has 6 rings (SSSR count). The molecule has 2 saturated carbocycles. The van der Waals surface area contributed by atoms with E-state index in [9.17, 15) is 4.79 Å². The maximum absolute atomic E-state index is 11.8. The molecule has 2 aliphatic rings. The monoisotopic (exact) mass is 717 g/mol. The fourth-order valence-corrected chi connectivity index (χ4v) is 27.3. The number of Topliss-reactive ketones (excluding diaryl/α,β-unsaturated/α-hetero) is 1. The first-order valence-corrected chi connectivity index (χ1v) is 26.6. The second kappa shape index (κ2) is 14.4. The SMILES string of the molecule is CCC12CCC(CC1=O)C2(C)C.CCC[CH2][Sn]([CH2]CCC)([CH2]CCC)[c]1ccc2c(c1)c1ccccc1[s+]2-c1ccccc1. The fraction of sp³-hybridized carbons (Fsp3) is 0.537. The molecular weight excluding hydrogens is 659 g/mol. The zero-order valence-corrected chi connectivity index (χ0v) is 32.2. The number of hydrogen-bond acceptors (Lipinski definition) is 1. The van der Waals surface area contributed by atoms with Crippen LogP contribution in [-0.4, -0.2) is 24.2 Å². The maximum atomic E-state index is 11.8.